The van der Waals surface area contributed by atoms with E-state index in [0.717, 1.165) is 28.8 Å². The largest absolute Gasteiger partial charge is 0.417 e. The van der Waals surface area contributed by atoms with Crippen molar-refractivity contribution in [2.24, 2.45) is 0 Å². The monoisotopic (exact) mass is 645 g/mol. The van der Waals surface area contributed by atoms with Crippen LogP contribution in [0.3, 0.4) is 0 Å². The number of benzene rings is 2. The molecule has 0 radical (unpaired) electrons. The van der Waals surface area contributed by atoms with E-state index >= 15 is 8.78 Å². The van der Waals surface area contributed by atoms with Crippen LogP contribution in [0.2, 0.25) is 0 Å². The summed E-state index contributed by atoms with van der Waals surface area (Å²) in [4.78, 5) is 38.0. The van der Waals surface area contributed by atoms with Crippen molar-refractivity contribution in [2.45, 2.75) is 26.1 Å². The van der Waals surface area contributed by atoms with Crippen molar-refractivity contribution < 1.29 is 31.3 Å². The molecule has 3 heterocycles. The molecule has 0 aliphatic carbocycles. The molecule has 1 aliphatic rings. The fraction of sp³-hybridized carbons (Fsp3) is 0.290. The summed E-state index contributed by atoms with van der Waals surface area (Å²) in [6.45, 7) is 10.4. The minimum absolute atomic E-state index is 0.0266. The number of hydrogen-bond acceptors (Lipinski definition) is 6. The average molecular weight is 646 g/mol. The summed E-state index contributed by atoms with van der Waals surface area (Å²) >= 11 is 0. The van der Waals surface area contributed by atoms with Gasteiger partial charge in [0, 0.05) is 48.4 Å². The van der Waals surface area contributed by atoms with Crippen molar-refractivity contribution >= 4 is 35.2 Å². The number of aromatic nitrogens is 3. The molecule has 5 rings (SSSR count). The van der Waals surface area contributed by atoms with Crippen LogP contribution in [0.25, 0.3) is 27.7 Å². The molecular weight excluding hydrogens is 616 g/mol. The number of hydrogen-bond donors (Lipinski definition) is 0. The Morgan fingerprint density at radius 1 is 1.11 bits per heavy atom. The SMILES string of the molecule is C=CC(=O)N1CCN(c2nc(=O)n(-c3c(C)ccnc3P(C)(C)=O)c3cc(-c4c(F)cccc4C(F)(F)F)c(F)cc23)[C@@H](C)C1. The lowest BCUT2D eigenvalue weighted by atomic mass is 9.96. The third-order valence-corrected chi connectivity index (χ3v) is 9.12. The van der Waals surface area contributed by atoms with Gasteiger partial charge in [-0.05, 0) is 69.1 Å². The molecule has 1 aliphatic heterocycles. The molecule has 0 N–H and O–H groups in total. The van der Waals surface area contributed by atoms with Gasteiger partial charge in [-0.15, -0.1) is 0 Å². The van der Waals surface area contributed by atoms with Gasteiger partial charge in [-0.2, -0.15) is 18.2 Å². The van der Waals surface area contributed by atoms with Crippen LogP contribution in [0.5, 0.6) is 0 Å². The molecule has 14 heteroatoms. The van der Waals surface area contributed by atoms with E-state index in [0.29, 0.717) is 11.6 Å². The Kier molecular flexibility index (Phi) is 8.20. The first-order chi connectivity index (χ1) is 21.0. The number of rotatable bonds is 5. The van der Waals surface area contributed by atoms with Gasteiger partial charge in [0.2, 0.25) is 5.91 Å². The number of amides is 1. The lowest BCUT2D eigenvalue weighted by Crippen LogP contribution is -2.54. The maximum Gasteiger partial charge on any atom is 0.417 e. The van der Waals surface area contributed by atoms with Gasteiger partial charge in [0.1, 0.15) is 30.0 Å². The van der Waals surface area contributed by atoms with Gasteiger partial charge in [-0.3, -0.25) is 14.3 Å². The van der Waals surface area contributed by atoms with E-state index in [4.69, 9.17) is 0 Å². The number of pyridine rings is 1. The number of carbonyl (C=O) groups is 1. The summed E-state index contributed by atoms with van der Waals surface area (Å²) < 4.78 is 87.6. The van der Waals surface area contributed by atoms with E-state index < -0.39 is 53.4 Å². The highest BCUT2D eigenvalue weighted by atomic mass is 31.2. The summed E-state index contributed by atoms with van der Waals surface area (Å²) in [5, 5.41) is 0.0346. The van der Waals surface area contributed by atoms with Crippen LogP contribution in [0.4, 0.5) is 27.8 Å². The average Bonchev–Trinajstić information content (AvgIpc) is 2.96. The first kappa shape index (κ1) is 32.0. The third-order valence-electron chi connectivity index (χ3n) is 7.77. The third kappa shape index (κ3) is 5.77. The Morgan fingerprint density at radius 3 is 2.44 bits per heavy atom. The second-order valence-corrected chi connectivity index (χ2v) is 14.4. The fourth-order valence-corrected chi connectivity index (χ4v) is 6.83. The first-order valence-corrected chi connectivity index (χ1v) is 16.5. The Balaban J connectivity index is 1.89. The van der Waals surface area contributed by atoms with E-state index in [9.17, 15) is 27.3 Å². The standard InChI is InChI=1S/C31H29F5N5O3P/c1-6-25(42)39-12-13-40(18(3)16-39)28-20-14-23(33)19(26-21(31(34,35)36)8-7-9-22(26)32)15-24(20)41(30(43)38-28)27-17(2)10-11-37-29(27)45(4,5)44/h6-11,14-15,18H,1,12-13,16H2,2-5H3/t18-/m0/s1. The summed E-state index contributed by atoms with van der Waals surface area (Å²) in [7, 11) is -3.17. The molecule has 236 valence electrons. The quantitative estimate of drug-likeness (QED) is 0.161. The minimum atomic E-state index is -5.02. The molecule has 1 fully saturated rings. The summed E-state index contributed by atoms with van der Waals surface area (Å²) in [6, 6.07) is 5.36. The molecule has 1 atom stereocenters. The number of halogens is 5. The Labute approximate surface area is 255 Å². The maximum atomic E-state index is 16.0. The molecule has 8 nitrogen and oxygen atoms in total. The van der Waals surface area contributed by atoms with Gasteiger partial charge in [-0.1, -0.05) is 12.6 Å². The van der Waals surface area contributed by atoms with Gasteiger partial charge < -0.3 is 14.4 Å². The van der Waals surface area contributed by atoms with Gasteiger partial charge in [0.05, 0.1) is 16.8 Å². The van der Waals surface area contributed by atoms with Crippen LogP contribution < -0.4 is 16.0 Å². The number of nitrogens with zero attached hydrogens (tertiary/aromatic N) is 5. The van der Waals surface area contributed by atoms with Crippen molar-refractivity contribution in [3.05, 3.63) is 88.5 Å². The van der Waals surface area contributed by atoms with Crippen LogP contribution in [-0.2, 0) is 15.5 Å². The zero-order valence-corrected chi connectivity index (χ0v) is 25.7. The topological polar surface area (TPSA) is 88.4 Å². The number of alkyl halides is 3. The van der Waals surface area contributed by atoms with Crippen molar-refractivity contribution in [1.82, 2.24) is 19.4 Å². The Hall–Kier alpha value is -4.38. The van der Waals surface area contributed by atoms with Crippen LogP contribution in [0, 0.1) is 18.6 Å². The molecule has 0 spiro atoms. The molecule has 1 saturated heterocycles. The lowest BCUT2D eigenvalue weighted by Gasteiger charge is -2.40. The van der Waals surface area contributed by atoms with E-state index in [1.807, 2.05) is 0 Å². The van der Waals surface area contributed by atoms with Gasteiger partial charge in [0.25, 0.3) is 0 Å². The highest BCUT2D eigenvalue weighted by molar-refractivity contribution is 7.70. The van der Waals surface area contributed by atoms with Crippen LogP contribution in [0.1, 0.15) is 18.1 Å². The van der Waals surface area contributed by atoms with E-state index in [2.05, 4.69) is 16.5 Å². The second kappa shape index (κ2) is 11.5. The molecular formula is C31H29F5N5O3P. The fourth-order valence-electron chi connectivity index (χ4n) is 5.70. The number of anilines is 1. The Morgan fingerprint density at radius 2 is 1.82 bits per heavy atom. The molecule has 0 bridgehead atoms. The van der Waals surface area contributed by atoms with Gasteiger partial charge in [-0.25, -0.2) is 13.6 Å². The zero-order chi connectivity index (χ0) is 33.0. The maximum absolute atomic E-state index is 16.0. The van der Waals surface area contributed by atoms with Crippen molar-refractivity contribution in [3.8, 4) is 16.8 Å². The van der Waals surface area contributed by atoms with E-state index in [1.54, 1.807) is 29.7 Å². The summed E-state index contributed by atoms with van der Waals surface area (Å²) in [5.74, 6) is -2.76. The first-order valence-electron chi connectivity index (χ1n) is 13.9. The molecule has 0 unspecified atom stereocenters. The summed E-state index contributed by atoms with van der Waals surface area (Å²) in [6.07, 6.45) is -2.43. The predicted molar refractivity (Wildman–Crippen MR) is 163 cm³/mol. The summed E-state index contributed by atoms with van der Waals surface area (Å²) in [5.41, 5.74) is -3.57. The molecule has 2 aromatic carbocycles. The highest BCUT2D eigenvalue weighted by Crippen LogP contribution is 2.42. The lowest BCUT2D eigenvalue weighted by molar-refractivity contribution is -0.137. The molecule has 2 aromatic heterocycles. The molecule has 45 heavy (non-hydrogen) atoms. The minimum Gasteiger partial charge on any atom is -0.350 e. The normalized spacial score (nSPS) is 15.9. The van der Waals surface area contributed by atoms with Gasteiger partial charge >= 0.3 is 11.9 Å². The van der Waals surface area contributed by atoms with Crippen molar-refractivity contribution in [1.29, 1.82) is 0 Å². The van der Waals surface area contributed by atoms with Crippen LogP contribution in [-0.4, -0.2) is 64.3 Å². The molecule has 0 saturated carbocycles. The van der Waals surface area contributed by atoms with E-state index in [-0.39, 0.29) is 53.4 Å². The number of piperazine rings is 1. The predicted octanol–water partition coefficient (Wildman–Crippen LogP) is 5.52. The zero-order valence-electron chi connectivity index (χ0n) is 24.8. The van der Waals surface area contributed by atoms with Crippen LogP contribution >= 0.6 is 7.14 Å². The smallest absolute Gasteiger partial charge is 0.350 e. The number of fused-ring (bicyclic) bond motifs is 1. The van der Waals surface area contributed by atoms with Crippen molar-refractivity contribution in [3.63, 3.8) is 0 Å². The second-order valence-electron chi connectivity index (χ2n) is 11.2. The number of carbonyl (C=O) groups excluding carboxylic acids is 1. The number of aryl methyl sites for hydroxylation is 1. The molecule has 4 aromatic rings. The van der Waals surface area contributed by atoms with Gasteiger partial charge in [0.15, 0.2) is 0 Å². The molecule has 1 amide bonds. The Bertz CT molecular complexity index is 1970. The van der Waals surface area contributed by atoms with Crippen LogP contribution in [0.15, 0.2) is 60.0 Å². The highest BCUT2D eigenvalue weighted by Gasteiger charge is 2.37. The van der Waals surface area contributed by atoms with Crippen molar-refractivity contribution in [2.75, 3.05) is 37.9 Å². The van der Waals surface area contributed by atoms with E-state index in [1.165, 1.54) is 25.6 Å².